The van der Waals surface area contributed by atoms with Crippen LogP contribution in [0.2, 0.25) is 0 Å². The smallest absolute Gasteiger partial charge is 0.398 e. The fourth-order valence-electron chi connectivity index (χ4n) is 1.48. The summed E-state index contributed by atoms with van der Waals surface area (Å²) in [4.78, 5) is 22.5. The van der Waals surface area contributed by atoms with E-state index in [-0.39, 0.29) is 10.4 Å². The Morgan fingerprint density at radius 3 is 2.86 bits per heavy atom. The Kier molecular flexibility index (Phi) is 1.71. The molecule has 0 saturated carbocycles. The summed E-state index contributed by atoms with van der Waals surface area (Å²) >= 11 is 0. The van der Waals surface area contributed by atoms with Crippen molar-refractivity contribution in [1.82, 2.24) is 5.43 Å². The normalized spacial score (nSPS) is 20.2. The van der Waals surface area contributed by atoms with Gasteiger partial charge in [-0.05, 0) is 12.1 Å². The zero-order valence-electron chi connectivity index (χ0n) is 7.23. The van der Waals surface area contributed by atoms with E-state index in [0.717, 1.165) is 0 Å². The van der Waals surface area contributed by atoms with Crippen molar-refractivity contribution >= 4 is 11.6 Å². The molecule has 6 heteroatoms. The van der Waals surface area contributed by atoms with Crippen LogP contribution >= 0.6 is 0 Å². The van der Waals surface area contributed by atoms with Gasteiger partial charge >= 0.3 is 5.91 Å². The minimum atomic E-state index is -0.735. The number of carbonyl (C=O) groups is 1. The summed E-state index contributed by atoms with van der Waals surface area (Å²) in [6.07, 6.45) is -0.735. The number of hydrazine groups is 1. The van der Waals surface area contributed by atoms with Crippen LogP contribution < -0.4 is 16.9 Å². The van der Waals surface area contributed by atoms with Crippen molar-refractivity contribution in [3.8, 4) is 0 Å². The molecule has 1 aliphatic rings. The fourth-order valence-corrected chi connectivity index (χ4v) is 1.48. The van der Waals surface area contributed by atoms with Crippen molar-refractivity contribution in [3.05, 3.63) is 34.2 Å². The molecule has 1 unspecified atom stereocenters. The van der Waals surface area contributed by atoms with E-state index in [1.54, 1.807) is 12.1 Å². The van der Waals surface area contributed by atoms with Crippen molar-refractivity contribution in [3.63, 3.8) is 0 Å². The van der Waals surface area contributed by atoms with Gasteiger partial charge < -0.3 is 11.5 Å². The number of hydrogen-bond donors (Lipinski definition) is 3. The fraction of sp³-hybridized carbons (Fsp3) is 0.125. The molecule has 0 fully saturated rings. The molecular formula is C8H9N4O2+. The number of nitroso groups, excluding NO2 is 1. The summed E-state index contributed by atoms with van der Waals surface area (Å²) in [5, 5.41) is 0. The topological polar surface area (TPSA) is 101 Å². The van der Waals surface area contributed by atoms with Gasteiger partial charge in [-0.1, -0.05) is 6.07 Å². The predicted molar refractivity (Wildman–Crippen MR) is 48.9 cm³/mol. The van der Waals surface area contributed by atoms with Crippen LogP contribution in [0, 0.1) is 4.91 Å². The van der Waals surface area contributed by atoms with Gasteiger partial charge in [0.05, 0.1) is 4.91 Å². The zero-order valence-corrected chi connectivity index (χ0v) is 7.23. The Balaban J connectivity index is 2.67. The number of nitrogen functional groups attached to an aromatic ring is 1. The number of nitrogens with one attached hydrogen (secondary N) is 1. The molecule has 14 heavy (non-hydrogen) atoms. The third-order valence-electron chi connectivity index (χ3n) is 2.12. The summed E-state index contributed by atoms with van der Waals surface area (Å²) < 4.78 is 0. The summed E-state index contributed by atoms with van der Waals surface area (Å²) in [7, 11) is 0. The maximum absolute atomic E-state index is 11.4. The zero-order chi connectivity index (χ0) is 10.3. The lowest BCUT2D eigenvalue weighted by Crippen LogP contribution is -2.45. The van der Waals surface area contributed by atoms with Gasteiger partial charge in [0.25, 0.3) is 0 Å². The minimum absolute atomic E-state index is 0.117. The van der Waals surface area contributed by atoms with E-state index >= 15 is 0 Å². The molecule has 0 spiro atoms. The number of hydrogen-bond acceptors (Lipinski definition) is 4. The number of benzene rings is 1. The van der Waals surface area contributed by atoms with Crippen LogP contribution in [0.3, 0.4) is 0 Å². The van der Waals surface area contributed by atoms with E-state index in [9.17, 15) is 9.70 Å². The number of anilines is 1. The third kappa shape index (κ3) is 1.05. The van der Waals surface area contributed by atoms with E-state index in [1.807, 2.05) is 0 Å². The van der Waals surface area contributed by atoms with E-state index in [2.05, 4.69) is 5.43 Å². The van der Waals surface area contributed by atoms with Crippen LogP contribution in [0.1, 0.15) is 22.1 Å². The van der Waals surface area contributed by atoms with Crippen LogP contribution in [0.15, 0.2) is 18.2 Å². The molecule has 1 aliphatic heterocycles. The second kappa shape index (κ2) is 2.78. The first-order valence-corrected chi connectivity index (χ1v) is 4.03. The molecule has 72 valence electrons. The highest BCUT2D eigenvalue weighted by molar-refractivity contribution is 5.92. The number of nitrogens with two attached hydrogens (primary N) is 2. The first kappa shape index (κ1) is 8.64. The molecule has 1 aromatic rings. The van der Waals surface area contributed by atoms with Crippen molar-refractivity contribution in [2.45, 2.75) is 6.17 Å². The molecule has 2 rings (SSSR count). The Labute approximate surface area is 79.4 Å². The number of nitrogens with zero attached hydrogens (tertiary/aromatic N) is 1. The largest absolute Gasteiger partial charge is 0.498 e. The Bertz CT molecular complexity index is 429. The maximum atomic E-state index is 11.4. The Morgan fingerprint density at radius 1 is 1.43 bits per heavy atom. The summed E-state index contributed by atoms with van der Waals surface area (Å²) in [6, 6.07) is 4.77. The number of fused-ring (bicyclic) bond motifs is 1. The number of carbonyl (C=O) groups excluding carboxylic acids is 1. The van der Waals surface area contributed by atoms with Crippen LogP contribution in [0.5, 0.6) is 0 Å². The molecule has 1 atom stereocenters. The lowest BCUT2D eigenvalue weighted by Gasteiger charge is -2.17. The average molecular weight is 193 g/mol. The second-order valence-corrected chi connectivity index (χ2v) is 3.01. The SMILES string of the molecule is Nc1cccc2c1C(N)N[N+](=O)C2=O. The standard InChI is InChI=1S/C8H9N4O2/c9-5-3-1-2-4-6(5)7(10)11-12(14)8(4)13/h1-3,7H,9-10H2,(H,11,14)/q+1. The highest BCUT2D eigenvalue weighted by Gasteiger charge is 2.38. The molecule has 0 radical (unpaired) electrons. The van der Waals surface area contributed by atoms with E-state index in [1.165, 1.54) is 6.07 Å². The Morgan fingerprint density at radius 2 is 2.14 bits per heavy atom. The first-order chi connectivity index (χ1) is 6.61. The molecule has 1 amide bonds. The van der Waals surface area contributed by atoms with Crippen LogP contribution in [0.4, 0.5) is 5.69 Å². The van der Waals surface area contributed by atoms with Gasteiger partial charge in [0, 0.05) is 11.3 Å². The predicted octanol–water partition coefficient (Wildman–Crippen LogP) is -0.337. The van der Waals surface area contributed by atoms with Crippen LogP contribution in [-0.2, 0) is 0 Å². The first-order valence-electron chi connectivity index (χ1n) is 4.03. The lowest BCUT2D eigenvalue weighted by molar-refractivity contribution is -0.525. The van der Waals surface area contributed by atoms with Gasteiger partial charge in [-0.25, -0.2) is 4.79 Å². The molecule has 0 aliphatic carbocycles. The molecule has 6 nitrogen and oxygen atoms in total. The van der Waals surface area contributed by atoms with Crippen LogP contribution in [-0.4, -0.2) is 10.8 Å². The molecular weight excluding hydrogens is 184 g/mol. The van der Waals surface area contributed by atoms with Crippen molar-refractivity contribution in [2.75, 3.05) is 5.73 Å². The van der Waals surface area contributed by atoms with Crippen molar-refractivity contribution in [2.24, 2.45) is 5.73 Å². The second-order valence-electron chi connectivity index (χ2n) is 3.01. The van der Waals surface area contributed by atoms with E-state index in [4.69, 9.17) is 11.5 Å². The molecule has 0 saturated heterocycles. The quantitative estimate of drug-likeness (QED) is 0.386. The summed E-state index contributed by atoms with van der Waals surface area (Å²) in [6.45, 7) is 0. The van der Waals surface area contributed by atoms with Gasteiger partial charge in [0.2, 0.25) is 4.87 Å². The molecule has 5 N–H and O–H groups in total. The lowest BCUT2D eigenvalue weighted by atomic mass is 10.0. The molecule has 1 aromatic carbocycles. The van der Waals surface area contributed by atoms with Crippen molar-refractivity contribution < 1.29 is 9.66 Å². The van der Waals surface area contributed by atoms with Crippen LogP contribution in [0.25, 0.3) is 0 Å². The van der Waals surface area contributed by atoms with Gasteiger partial charge in [0.15, 0.2) is 6.17 Å². The van der Waals surface area contributed by atoms with Gasteiger partial charge in [-0.2, -0.15) is 0 Å². The number of rotatable bonds is 0. The Hall–Kier alpha value is -1.95. The maximum Gasteiger partial charge on any atom is 0.498 e. The van der Waals surface area contributed by atoms with E-state index in [0.29, 0.717) is 11.3 Å². The minimum Gasteiger partial charge on any atom is -0.398 e. The highest BCUT2D eigenvalue weighted by Crippen LogP contribution is 2.25. The van der Waals surface area contributed by atoms with Gasteiger partial charge in [-0.3, -0.25) is 0 Å². The van der Waals surface area contributed by atoms with Crippen molar-refractivity contribution in [1.29, 1.82) is 0 Å². The summed E-state index contributed by atoms with van der Waals surface area (Å²) in [5.74, 6) is -0.672. The van der Waals surface area contributed by atoms with Gasteiger partial charge in [0.1, 0.15) is 5.56 Å². The summed E-state index contributed by atoms with van der Waals surface area (Å²) in [5.41, 5.74) is 14.7. The highest BCUT2D eigenvalue weighted by atomic mass is 16.3. The monoisotopic (exact) mass is 193 g/mol. The third-order valence-corrected chi connectivity index (χ3v) is 2.12. The molecule has 1 heterocycles. The average Bonchev–Trinajstić information content (AvgIpc) is 2.14. The van der Waals surface area contributed by atoms with Gasteiger partial charge in [-0.15, -0.1) is 5.43 Å². The van der Waals surface area contributed by atoms with E-state index < -0.39 is 12.1 Å². The molecule has 0 aromatic heterocycles. The molecule has 0 bridgehead atoms. The number of amides is 1.